The van der Waals surface area contributed by atoms with Gasteiger partial charge < -0.3 is 9.47 Å². The van der Waals surface area contributed by atoms with Gasteiger partial charge in [0, 0.05) is 12.0 Å². The highest BCUT2D eigenvalue weighted by Crippen LogP contribution is 2.29. The second-order valence-corrected chi connectivity index (χ2v) is 7.47. The van der Waals surface area contributed by atoms with Crippen LogP contribution in [0.1, 0.15) is 63.4 Å². The first-order valence-corrected chi connectivity index (χ1v) is 10.8. The minimum absolute atomic E-state index is 0.181. The summed E-state index contributed by atoms with van der Waals surface area (Å²) >= 11 is 0. The van der Waals surface area contributed by atoms with Gasteiger partial charge in [-0.1, -0.05) is 44.4 Å². The molecule has 0 saturated heterocycles. The number of esters is 1. The maximum absolute atomic E-state index is 13.5. The molecule has 0 aliphatic carbocycles. The van der Waals surface area contributed by atoms with E-state index in [9.17, 15) is 26.7 Å². The van der Waals surface area contributed by atoms with Crippen LogP contribution in [-0.4, -0.2) is 12.6 Å². The van der Waals surface area contributed by atoms with E-state index in [-0.39, 0.29) is 6.42 Å². The van der Waals surface area contributed by atoms with Crippen LogP contribution in [0.15, 0.2) is 24.3 Å². The molecule has 0 saturated carbocycles. The molecule has 0 aliphatic heterocycles. The van der Waals surface area contributed by atoms with Crippen molar-refractivity contribution in [1.82, 2.24) is 0 Å². The lowest BCUT2D eigenvalue weighted by Crippen LogP contribution is -2.13. The third-order valence-electron chi connectivity index (χ3n) is 4.95. The number of hydrogen-bond acceptors (Lipinski definition) is 3. The molecule has 178 valence electrons. The first-order chi connectivity index (χ1) is 15.8. The van der Waals surface area contributed by atoms with E-state index in [0.717, 1.165) is 49.8 Å². The number of unbranched alkanes of at least 4 members (excludes halogenated alkanes) is 7. The number of carbonyl (C=O) groups is 1. The van der Waals surface area contributed by atoms with Gasteiger partial charge in [0.1, 0.15) is 5.75 Å². The number of halogens is 5. The molecule has 0 spiro atoms. The molecule has 0 unspecified atom stereocenters. The number of rotatable bonds is 13. The predicted octanol–water partition coefficient (Wildman–Crippen LogP) is 6.86. The van der Waals surface area contributed by atoms with Gasteiger partial charge in [0.05, 0.1) is 6.61 Å². The molecule has 0 heterocycles. The smallest absolute Gasteiger partial charge is 0.311 e. The molecule has 0 aliphatic rings. The van der Waals surface area contributed by atoms with Crippen LogP contribution in [0.4, 0.5) is 22.0 Å². The molecule has 0 amide bonds. The lowest BCUT2D eigenvalue weighted by Gasteiger charge is -2.09. The van der Waals surface area contributed by atoms with E-state index in [1.54, 1.807) is 0 Å². The lowest BCUT2D eigenvalue weighted by atomic mass is 10.1. The number of ether oxygens (including phenoxy) is 2. The number of benzene rings is 2. The van der Waals surface area contributed by atoms with Gasteiger partial charge in [0.2, 0.25) is 34.8 Å². The van der Waals surface area contributed by atoms with Gasteiger partial charge in [-0.05, 0) is 37.1 Å². The largest absolute Gasteiger partial charge is 0.494 e. The minimum atomic E-state index is -2.30. The Kier molecular flexibility index (Phi) is 10.7. The topological polar surface area (TPSA) is 35.5 Å². The average Bonchev–Trinajstić information content (AvgIpc) is 2.83. The fourth-order valence-corrected chi connectivity index (χ4v) is 3.11. The highest BCUT2D eigenvalue weighted by Gasteiger charge is 2.28. The molecule has 0 fully saturated rings. The minimum Gasteiger partial charge on any atom is -0.494 e. The van der Waals surface area contributed by atoms with Crippen molar-refractivity contribution in [3.05, 3.63) is 58.9 Å². The Bertz CT molecular complexity index is 938. The van der Waals surface area contributed by atoms with Crippen molar-refractivity contribution in [2.24, 2.45) is 0 Å². The van der Waals surface area contributed by atoms with Crippen molar-refractivity contribution in [1.29, 1.82) is 0 Å². The summed E-state index contributed by atoms with van der Waals surface area (Å²) in [7, 11) is 0. The predicted molar refractivity (Wildman–Crippen MR) is 113 cm³/mol. The lowest BCUT2D eigenvalue weighted by molar-refractivity contribution is -0.135. The highest BCUT2D eigenvalue weighted by atomic mass is 19.2. The van der Waals surface area contributed by atoms with Gasteiger partial charge in [0.25, 0.3) is 0 Å². The van der Waals surface area contributed by atoms with Gasteiger partial charge in [-0.3, -0.25) is 4.79 Å². The fourth-order valence-electron chi connectivity index (χ4n) is 3.11. The summed E-state index contributed by atoms with van der Waals surface area (Å²) in [6, 6.07) is 7.34. The first-order valence-electron chi connectivity index (χ1n) is 10.8. The molecule has 3 nitrogen and oxygen atoms in total. The van der Waals surface area contributed by atoms with Gasteiger partial charge >= 0.3 is 5.97 Å². The molecule has 0 atom stereocenters. The molecular weight excluding hydrogens is 443 g/mol. The number of terminal acetylenes is 1. The maximum Gasteiger partial charge on any atom is 0.311 e. The van der Waals surface area contributed by atoms with Crippen LogP contribution < -0.4 is 9.47 Å². The van der Waals surface area contributed by atoms with E-state index >= 15 is 0 Å². The Morgan fingerprint density at radius 3 is 1.76 bits per heavy atom. The molecule has 8 heteroatoms. The summed E-state index contributed by atoms with van der Waals surface area (Å²) in [5.41, 5.74) is 0.806. The quantitative estimate of drug-likeness (QED) is 0.0613. The highest BCUT2D eigenvalue weighted by molar-refractivity contribution is 5.72. The Morgan fingerprint density at radius 2 is 1.21 bits per heavy atom. The van der Waals surface area contributed by atoms with Crippen molar-refractivity contribution in [3.63, 3.8) is 0 Å². The second kappa shape index (κ2) is 13.5. The van der Waals surface area contributed by atoms with Crippen LogP contribution in [0.5, 0.6) is 11.5 Å². The zero-order valence-corrected chi connectivity index (χ0v) is 18.1. The monoisotopic (exact) mass is 468 g/mol. The summed E-state index contributed by atoms with van der Waals surface area (Å²) in [6.07, 6.45) is 12.0. The molecule has 0 aromatic heterocycles. The maximum atomic E-state index is 13.5. The molecule has 2 rings (SSSR count). The van der Waals surface area contributed by atoms with Crippen molar-refractivity contribution in [2.75, 3.05) is 6.61 Å². The first kappa shape index (κ1) is 26.2. The normalized spacial score (nSPS) is 10.7. The van der Waals surface area contributed by atoms with Crippen molar-refractivity contribution in [2.45, 2.75) is 57.8 Å². The third kappa shape index (κ3) is 8.08. The molecular formula is C25H25F5O3. The average molecular weight is 468 g/mol. The molecule has 0 N–H and O–H groups in total. The SMILES string of the molecule is C#Cc1ccc(OCCCCCCCCCCC(=O)Oc2c(F)c(F)c(F)c(F)c2F)cc1. The van der Waals surface area contributed by atoms with Crippen LogP contribution in [0.2, 0.25) is 0 Å². The summed E-state index contributed by atoms with van der Waals surface area (Å²) in [6.45, 7) is 0.626. The Balaban J connectivity index is 1.51. The zero-order valence-electron chi connectivity index (χ0n) is 18.1. The number of carbonyl (C=O) groups excluding carboxylic acids is 1. The van der Waals surface area contributed by atoms with Crippen LogP contribution in [0.3, 0.4) is 0 Å². The summed E-state index contributed by atoms with van der Waals surface area (Å²) in [5.74, 6) is -10.2. The fraction of sp³-hybridized carbons (Fsp3) is 0.400. The summed E-state index contributed by atoms with van der Waals surface area (Å²) in [5, 5.41) is 0. The van der Waals surface area contributed by atoms with Crippen LogP contribution in [0.25, 0.3) is 0 Å². The van der Waals surface area contributed by atoms with E-state index < -0.39 is 40.8 Å². The van der Waals surface area contributed by atoms with Gasteiger partial charge in [-0.15, -0.1) is 6.42 Å². The van der Waals surface area contributed by atoms with E-state index in [0.29, 0.717) is 19.4 Å². The Morgan fingerprint density at radius 1 is 0.727 bits per heavy atom. The summed E-state index contributed by atoms with van der Waals surface area (Å²) in [4.78, 5) is 11.7. The standard InChI is InChI=1S/C25H25F5O3/c1-2-17-12-14-18(15-13-17)32-16-10-8-6-4-3-5-7-9-11-19(31)33-25-23(29)21(27)20(26)22(28)24(25)30/h1,12-15H,3-11,16H2. The molecule has 33 heavy (non-hydrogen) atoms. The molecule has 0 bridgehead atoms. The summed E-state index contributed by atoms with van der Waals surface area (Å²) < 4.78 is 76.2. The molecule has 2 aromatic carbocycles. The van der Waals surface area contributed by atoms with Crippen LogP contribution in [0, 0.1) is 41.4 Å². The van der Waals surface area contributed by atoms with E-state index in [1.807, 2.05) is 24.3 Å². The van der Waals surface area contributed by atoms with Crippen LogP contribution >= 0.6 is 0 Å². The van der Waals surface area contributed by atoms with Crippen molar-refractivity contribution >= 4 is 5.97 Å². The molecule has 0 radical (unpaired) electrons. The third-order valence-corrected chi connectivity index (χ3v) is 4.95. The van der Waals surface area contributed by atoms with Gasteiger partial charge in [-0.2, -0.15) is 8.78 Å². The van der Waals surface area contributed by atoms with Gasteiger partial charge in [0.15, 0.2) is 0 Å². The van der Waals surface area contributed by atoms with Crippen molar-refractivity contribution < 1.29 is 36.2 Å². The van der Waals surface area contributed by atoms with Crippen LogP contribution in [-0.2, 0) is 4.79 Å². The Labute approximate surface area is 189 Å². The van der Waals surface area contributed by atoms with Crippen molar-refractivity contribution in [3.8, 4) is 23.8 Å². The second-order valence-electron chi connectivity index (χ2n) is 7.47. The molecule has 2 aromatic rings. The van der Waals surface area contributed by atoms with Gasteiger partial charge in [-0.25, -0.2) is 13.2 Å². The van der Waals surface area contributed by atoms with E-state index in [1.165, 1.54) is 0 Å². The van der Waals surface area contributed by atoms with E-state index in [2.05, 4.69) is 10.7 Å². The van der Waals surface area contributed by atoms with E-state index in [4.69, 9.17) is 11.2 Å². The number of hydrogen-bond donors (Lipinski definition) is 0. The Hall–Kier alpha value is -3.08. The zero-order chi connectivity index (χ0) is 24.2.